The van der Waals surface area contributed by atoms with Crippen molar-refractivity contribution < 1.29 is 17.6 Å². The van der Waals surface area contributed by atoms with Gasteiger partial charge in [-0.05, 0) is 31.7 Å². The summed E-state index contributed by atoms with van der Waals surface area (Å²) < 4.78 is 48.9. The number of hydrogen-bond donors (Lipinski definition) is 2. The first-order valence-electron chi connectivity index (χ1n) is 5.62. The van der Waals surface area contributed by atoms with Gasteiger partial charge in [0.1, 0.15) is 0 Å². The Morgan fingerprint density at radius 1 is 1.31 bits per heavy atom. The van der Waals surface area contributed by atoms with E-state index in [9.17, 15) is 17.6 Å². The van der Waals surface area contributed by atoms with Crippen molar-refractivity contribution in [1.82, 2.24) is 10.6 Å². The summed E-state index contributed by atoms with van der Waals surface area (Å²) >= 11 is 0. The topological polar surface area (TPSA) is 24.1 Å². The zero-order valence-electron chi connectivity index (χ0n) is 8.86. The fraction of sp³-hybridized carbons (Fsp3) is 1.00. The minimum absolute atomic E-state index is 0.312. The van der Waals surface area contributed by atoms with Gasteiger partial charge in [0.2, 0.25) is 0 Å². The Balaban J connectivity index is 1.69. The van der Waals surface area contributed by atoms with E-state index >= 15 is 0 Å². The second kappa shape index (κ2) is 4.49. The summed E-state index contributed by atoms with van der Waals surface area (Å²) in [6, 6.07) is 0.894. The van der Waals surface area contributed by atoms with E-state index in [0.29, 0.717) is 24.5 Å². The molecular formula is C10H16F4N2. The highest BCUT2D eigenvalue weighted by Crippen LogP contribution is 2.32. The third-order valence-electron chi connectivity index (χ3n) is 3.52. The maximum Gasteiger partial charge on any atom is 0.319 e. The van der Waals surface area contributed by atoms with Crippen LogP contribution in [0.1, 0.15) is 19.3 Å². The molecule has 0 saturated carbocycles. The van der Waals surface area contributed by atoms with Crippen molar-refractivity contribution in [2.75, 3.05) is 13.1 Å². The normalized spacial score (nSPS) is 33.9. The van der Waals surface area contributed by atoms with E-state index in [1.54, 1.807) is 0 Å². The molecule has 2 aliphatic heterocycles. The van der Waals surface area contributed by atoms with Crippen molar-refractivity contribution in [1.29, 1.82) is 0 Å². The number of fused-ring (bicyclic) bond motifs is 2. The van der Waals surface area contributed by atoms with E-state index < -0.39 is 18.9 Å². The van der Waals surface area contributed by atoms with E-state index in [4.69, 9.17) is 0 Å². The first-order chi connectivity index (χ1) is 7.49. The lowest BCUT2D eigenvalue weighted by atomic mass is 9.89. The second-order valence-corrected chi connectivity index (χ2v) is 4.74. The molecule has 0 radical (unpaired) electrons. The highest BCUT2D eigenvalue weighted by Gasteiger charge is 2.42. The van der Waals surface area contributed by atoms with Crippen molar-refractivity contribution in [3.05, 3.63) is 0 Å². The molecule has 0 aromatic rings. The Morgan fingerprint density at radius 2 is 2.06 bits per heavy atom. The summed E-state index contributed by atoms with van der Waals surface area (Å²) in [5.74, 6) is -3.60. The molecule has 2 nitrogen and oxygen atoms in total. The summed E-state index contributed by atoms with van der Waals surface area (Å²) in [4.78, 5) is 0. The van der Waals surface area contributed by atoms with Crippen molar-refractivity contribution in [2.24, 2.45) is 5.92 Å². The Labute approximate surface area is 91.8 Å². The number of nitrogens with one attached hydrogen (secondary N) is 2. The maximum absolute atomic E-state index is 12.6. The zero-order chi connectivity index (χ0) is 11.8. The van der Waals surface area contributed by atoms with Gasteiger partial charge < -0.3 is 10.6 Å². The lowest BCUT2D eigenvalue weighted by Crippen LogP contribution is -2.42. The highest BCUT2D eigenvalue weighted by atomic mass is 19.3. The molecule has 0 spiro atoms. The Morgan fingerprint density at radius 3 is 2.56 bits per heavy atom. The van der Waals surface area contributed by atoms with Gasteiger partial charge in [-0.15, -0.1) is 0 Å². The van der Waals surface area contributed by atoms with Crippen LogP contribution in [0.3, 0.4) is 0 Å². The zero-order valence-corrected chi connectivity index (χ0v) is 8.86. The van der Waals surface area contributed by atoms with E-state index in [0.717, 1.165) is 19.3 Å². The monoisotopic (exact) mass is 240 g/mol. The molecule has 0 amide bonds. The van der Waals surface area contributed by atoms with Gasteiger partial charge in [0.05, 0.1) is 6.54 Å². The average molecular weight is 240 g/mol. The molecule has 3 atom stereocenters. The van der Waals surface area contributed by atoms with Gasteiger partial charge in [-0.2, -0.15) is 8.78 Å². The van der Waals surface area contributed by atoms with E-state index in [1.165, 1.54) is 0 Å². The van der Waals surface area contributed by atoms with Crippen LogP contribution in [0.5, 0.6) is 0 Å². The quantitative estimate of drug-likeness (QED) is 0.713. The van der Waals surface area contributed by atoms with E-state index in [2.05, 4.69) is 10.6 Å². The van der Waals surface area contributed by atoms with Gasteiger partial charge in [0, 0.05) is 12.1 Å². The van der Waals surface area contributed by atoms with Crippen molar-refractivity contribution in [3.63, 3.8) is 0 Å². The minimum atomic E-state index is -3.91. The van der Waals surface area contributed by atoms with Crippen LogP contribution in [0.4, 0.5) is 17.6 Å². The summed E-state index contributed by atoms with van der Waals surface area (Å²) in [6.07, 6.45) is -0.396. The van der Waals surface area contributed by atoms with Gasteiger partial charge >= 0.3 is 12.3 Å². The van der Waals surface area contributed by atoms with Crippen LogP contribution >= 0.6 is 0 Å². The molecule has 0 aromatic carbocycles. The van der Waals surface area contributed by atoms with Gasteiger partial charge in [-0.25, -0.2) is 8.78 Å². The van der Waals surface area contributed by atoms with Crippen molar-refractivity contribution >= 4 is 0 Å². The van der Waals surface area contributed by atoms with E-state index in [1.807, 2.05) is 0 Å². The first kappa shape index (κ1) is 12.1. The summed E-state index contributed by atoms with van der Waals surface area (Å²) in [7, 11) is 0. The van der Waals surface area contributed by atoms with Gasteiger partial charge in [0.15, 0.2) is 0 Å². The molecule has 0 aliphatic carbocycles. The van der Waals surface area contributed by atoms with Crippen LogP contribution in [0, 0.1) is 5.92 Å². The summed E-state index contributed by atoms with van der Waals surface area (Å²) in [6.45, 7) is -0.533. The third kappa shape index (κ3) is 2.48. The second-order valence-electron chi connectivity index (χ2n) is 4.74. The van der Waals surface area contributed by atoms with Gasteiger partial charge in [0.25, 0.3) is 0 Å². The molecule has 2 heterocycles. The molecule has 3 unspecified atom stereocenters. The molecule has 2 bridgehead atoms. The summed E-state index contributed by atoms with van der Waals surface area (Å²) in [5, 5.41) is 5.84. The maximum atomic E-state index is 12.6. The van der Waals surface area contributed by atoms with Crippen LogP contribution in [0.2, 0.25) is 0 Å². The first-order valence-corrected chi connectivity index (χ1v) is 5.62. The van der Waals surface area contributed by atoms with Gasteiger partial charge in [-0.1, -0.05) is 0 Å². The molecular weight excluding hydrogens is 224 g/mol. The lowest BCUT2D eigenvalue weighted by molar-refractivity contribution is -0.125. The minimum Gasteiger partial charge on any atom is -0.311 e. The standard InChI is InChI=1S/C10H16F4N2/c11-9(12)10(13,14)5-15-4-6-3-7-1-2-8(6)16-7/h6-9,15-16H,1-5H2. The fourth-order valence-electron chi connectivity index (χ4n) is 2.66. The van der Waals surface area contributed by atoms with E-state index in [-0.39, 0.29) is 0 Å². The SMILES string of the molecule is FC(F)C(F)(F)CNCC1CC2CCC1N2. The molecule has 94 valence electrons. The molecule has 16 heavy (non-hydrogen) atoms. The molecule has 6 heteroatoms. The highest BCUT2D eigenvalue weighted by molar-refractivity contribution is 4.98. The molecule has 0 aromatic heterocycles. The van der Waals surface area contributed by atoms with Crippen molar-refractivity contribution in [2.45, 2.75) is 43.7 Å². The molecule has 2 N–H and O–H groups in total. The Hall–Kier alpha value is -0.360. The van der Waals surface area contributed by atoms with Crippen LogP contribution in [-0.4, -0.2) is 37.5 Å². The summed E-state index contributed by atoms with van der Waals surface area (Å²) in [5.41, 5.74) is 0. The van der Waals surface area contributed by atoms with Crippen LogP contribution < -0.4 is 10.6 Å². The molecule has 2 aliphatic rings. The molecule has 2 fully saturated rings. The number of hydrogen-bond acceptors (Lipinski definition) is 2. The number of alkyl halides is 4. The molecule has 2 saturated heterocycles. The van der Waals surface area contributed by atoms with Crippen LogP contribution in [0.15, 0.2) is 0 Å². The Kier molecular flexibility index (Phi) is 3.39. The van der Waals surface area contributed by atoms with Crippen molar-refractivity contribution in [3.8, 4) is 0 Å². The number of halogens is 4. The third-order valence-corrected chi connectivity index (χ3v) is 3.52. The fourth-order valence-corrected chi connectivity index (χ4v) is 2.66. The average Bonchev–Trinajstić information content (AvgIpc) is 2.78. The lowest BCUT2D eigenvalue weighted by Gasteiger charge is -2.22. The molecule has 2 rings (SSSR count). The number of rotatable bonds is 5. The van der Waals surface area contributed by atoms with Gasteiger partial charge in [-0.3, -0.25) is 0 Å². The predicted molar refractivity (Wildman–Crippen MR) is 51.9 cm³/mol. The van der Waals surface area contributed by atoms with Crippen LogP contribution in [-0.2, 0) is 0 Å². The largest absolute Gasteiger partial charge is 0.319 e. The Bertz CT molecular complexity index is 247. The van der Waals surface area contributed by atoms with Crippen LogP contribution in [0.25, 0.3) is 0 Å². The predicted octanol–water partition coefficient (Wildman–Crippen LogP) is 1.62. The smallest absolute Gasteiger partial charge is 0.311 e.